The van der Waals surface area contributed by atoms with Gasteiger partial charge in [0.2, 0.25) is 0 Å². The monoisotopic (exact) mass is 207 g/mol. The third-order valence-electron chi connectivity index (χ3n) is 2.18. The van der Waals surface area contributed by atoms with E-state index in [4.69, 9.17) is 9.47 Å². The van der Waals surface area contributed by atoms with Gasteiger partial charge in [-0.3, -0.25) is 4.21 Å². The highest BCUT2D eigenvalue weighted by molar-refractivity contribution is 7.79. The molecule has 0 radical (unpaired) electrons. The van der Waals surface area contributed by atoms with Gasteiger partial charge in [-0.05, 0) is 25.7 Å². The van der Waals surface area contributed by atoms with Crippen molar-refractivity contribution in [1.82, 2.24) is 0 Å². The molecule has 0 aromatic heterocycles. The molecule has 0 N–H and O–H groups in total. The topological polar surface area (TPSA) is 58.6 Å². The molecule has 78 valence electrons. The number of rotatable bonds is 4. The molecule has 1 unspecified atom stereocenters. The molecule has 0 aliphatic carbocycles. The molecule has 0 aromatic rings. The van der Waals surface area contributed by atoms with Crippen LogP contribution in [-0.4, -0.2) is 34.0 Å². The Bertz CT molecular complexity index is 174. The Labute approximate surface area is 80.9 Å². The first-order valence-corrected chi connectivity index (χ1v) is 5.71. The predicted octanol–water partition coefficient (Wildman–Crippen LogP) is 0.797. The SMILES string of the molecule is CO[C@H]1CCC[C@@H](CCS(=O)[O-])O1. The zero-order valence-corrected chi connectivity index (χ0v) is 8.55. The van der Waals surface area contributed by atoms with Gasteiger partial charge in [0.25, 0.3) is 0 Å². The van der Waals surface area contributed by atoms with Gasteiger partial charge in [0.05, 0.1) is 6.10 Å². The maximum Gasteiger partial charge on any atom is 0.157 e. The van der Waals surface area contributed by atoms with Crippen molar-refractivity contribution in [2.24, 2.45) is 0 Å². The van der Waals surface area contributed by atoms with Crippen molar-refractivity contribution in [3.63, 3.8) is 0 Å². The summed E-state index contributed by atoms with van der Waals surface area (Å²) in [7, 11) is 1.61. The van der Waals surface area contributed by atoms with Crippen molar-refractivity contribution in [3.05, 3.63) is 0 Å². The molecule has 1 rings (SSSR count). The Morgan fingerprint density at radius 3 is 3.00 bits per heavy atom. The fourth-order valence-corrected chi connectivity index (χ4v) is 1.93. The van der Waals surface area contributed by atoms with Crippen LogP contribution in [-0.2, 0) is 20.6 Å². The van der Waals surface area contributed by atoms with Gasteiger partial charge in [0.1, 0.15) is 0 Å². The Kier molecular flexibility index (Phi) is 4.87. The van der Waals surface area contributed by atoms with Crippen molar-refractivity contribution < 1.29 is 18.2 Å². The van der Waals surface area contributed by atoms with Gasteiger partial charge in [0.15, 0.2) is 6.29 Å². The maximum atomic E-state index is 10.3. The summed E-state index contributed by atoms with van der Waals surface area (Å²) in [5.41, 5.74) is 0. The van der Waals surface area contributed by atoms with Crippen LogP contribution >= 0.6 is 0 Å². The average Bonchev–Trinajstić information content (AvgIpc) is 2.15. The lowest BCUT2D eigenvalue weighted by Gasteiger charge is -2.29. The first-order valence-electron chi connectivity index (χ1n) is 4.46. The molecule has 0 amide bonds. The van der Waals surface area contributed by atoms with Crippen LogP contribution < -0.4 is 0 Å². The molecule has 0 aromatic carbocycles. The highest BCUT2D eigenvalue weighted by Gasteiger charge is 2.21. The van der Waals surface area contributed by atoms with Crippen LogP contribution in [0.2, 0.25) is 0 Å². The van der Waals surface area contributed by atoms with Crippen LogP contribution in [0.3, 0.4) is 0 Å². The van der Waals surface area contributed by atoms with E-state index in [-0.39, 0.29) is 18.1 Å². The van der Waals surface area contributed by atoms with Crippen molar-refractivity contribution in [3.8, 4) is 0 Å². The number of hydrogen-bond acceptors (Lipinski definition) is 4. The van der Waals surface area contributed by atoms with E-state index in [0.29, 0.717) is 6.42 Å². The van der Waals surface area contributed by atoms with Crippen LogP contribution in [0.25, 0.3) is 0 Å². The summed E-state index contributed by atoms with van der Waals surface area (Å²) in [4.78, 5) is 0. The lowest BCUT2D eigenvalue weighted by Crippen LogP contribution is -2.29. The normalized spacial score (nSPS) is 31.5. The minimum absolute atomic E-state index is 0.0524. The lowest BCUT2D eigenvalue weighted by molar-refractivity contribution is -0.179. The van der Waals surface area contributed by atoms with E-state index < -0.39 is 11.1 Å². The van der Waals surface area contributed by atoms with Gasteiger partial charge in [-0.15, -0.1) is 0 Å². The summed E-state index contributed by atoms with van der Waals surface area (Å²) in [6, 6.07) is 0. The molecule has 1 heterocycles. The maximum absolute atomic E-state index is 10.3. The summed E-state index contributed by atoms with van der Waals surface area (Å²) >= 11 is -1.95. The second-order valence-electron chi connectivity index (χ2n) is 3.15. The molecular formula is C8H15O4S-. The molecule has 0 spiro atoms. The molecule has 13 heavy (non-hydrogen) atoms. The molecule has 1 aliphatic heterocycles. The van der Waals surface area contributed by atoms with Gasteiger partial charge in [0, 0.05) is 12.9 Å². The van der Waals surface area contributed by atoms with Crippen molar-refractivity contribution in [2.75, 3.05) is 12.9 Å². The molecule has 0 saturated carbocycles. The smallest absolute Gasteiger partial charge is 0.157 e. The highest BCUT2D eigenvalue weighted by atomic mass is 32.2. The first kappa shape index (κ1) is 11.1. The van der Waals surface area contributed by atoms with E-state index in [0.717, 1.165) is 19.3 Å². The average molecular weight is 207 g/mol. The number of methoxy groups -OCH3 is 1. The zero-order chi connectivity index (χ0) is 9.68. The third kappa shape index (κ3) is 4.17. The summed E-state index contributed by atoms with van der Waals surface area (Å²) in [5.74, 6) is 0.182. The zero-order valence-electron chi connectivity index (χ0n) is 7.73. The fraction of sp³-hybridized carbons (Fsp3) is 1.00. The van der Waals surface area contributed by atoms with Crippen LogP contribution in [0.5, 0.6) is 0 Å². The van der Waals surface area contributed by atoms with Gasteiger partial charge in [-0.25, -0.2) is 0 Å². The molecule has 1 fully saturated rings. The van der Waals surface area contributed by atoms with E-state index in [1.807, 2.05) is 0 Å². The summed E-state index contributed by atoms with van der Waals surface area (Å²) < 4.78 is 31.2. The Balaban J connectivity index is 2.21. The van der Waals surface area contributed by atoms with E-state index >= 15 is 0 Å². The molecule has 1 saturated heterocycles. The quantitative estimate of drug-likeness (QED) is 0.640. The Morgan fingerprint density at radius 1 is 1.62 bits per heavy atom. The van der Waals surface area contributed by atoms with Crippen LogP contribution in [0.15, 0.2) is 0 Å². The Hall–Kier alpha value is 0.0300. The molecule has 4 nitrogen and oxygen atoms in total. The van der Waals surface area contributed by atoms with Crippen molar-refractivity contribution in [1.29, 1.82) is 0 Å². The minimum Gasteiger partial charge on any atom is -0.772 e. The predicted molar refractivity (Wildman–Crippen MR) is 47.9 cm³/mol. The standard InChI is InChI=1S/C8H16O4S/c1-11-8-4-2-3-7(12-8)5-6-13(9)10/h7-8H,2-6H2,1H3,(H,9,10)/p-1/t7-,8+/m0/s1. The fourth-order valence-electron chi connectivity index (χ4n) is 1.48. The number of hydrogen-bond donors (Lipinski definition) is 0. The van der Waals surface area contributed by atoms with E-state index in [2.05, 4.69) is 0 Å². The Morgan fingerprint density at radius 2 is 2.38 bits per heavy atom. The van der Waals surface area contributed by atoms with Crippen molar-refractivity contribution in [2.45, 2.75) is 38.1 Å². The highest BCUT2D eigenvalue weighted by Crippen LogP contribution is 2.21. The molecule has 3 atom stereocenters. The molecule has 0 bridgehead atoms. The van der Waals surface area contributed by atoms with E-state index in [1.54, 1.807) is 7.11 Å². The van der Waals surface area contributed by atoms with Gasteiger partial charge in [-0.2, -0.15) is 0 Å². The van der Waals surface area contributed by atoms with Crippen LogP contribution in [0, 0.1) is 0 Å². The van der Waals surface area contributed by atoms with Crippen molar-refractivity contribution >= 4 is 11.1 Å². The molecule has 1 aliphatic rings. The van der Waals surface area contributed by atoms with E-state index in [9.17, 15) is 8.76 Å². The second kappa shape index (κ2) is 5.70. The summed E-state index contributed by atoms with van der Waals surface area (Å²) in [5, 5.41) is 0. The molecular weight excluding hydrogens is 192 g/mol. The minimum atomic E-state index is -1.95. The van der Waals surface area contributed by atoms with Gasteiger partial charge in [-0.1, -0.05) is 11.1 Å². The first-order chi connectivity index (χ1) is 6.22. The number of ether oxygens (including phenoxy) is 2. The largest absolute Gasteiger partial charge is 0.772 e. The van der Waals surface area contributed by atoms with Gasteiger partial charge < -0.3 is 14.0 Å². The van der Waals surface area contributed by atoms with Gasteiger partial charge >= 0.3 is 0 Å². The molecule has 5 heteroatoms. The second-order valence-corrected chi connectivity index (χ2v) is 4.17. The third-order valence-corrected chi connectivity index (χ3v) is 2.75. The lowest BCUT2D eigenvalue weighted by atomic mass is 10.1. The van der Waals surface area contributed by atoms with Crippen LogP contribution in [0.4, 0.5) is 0 Å². The van der Waals surface area contributed by atoms with E-state index in [1.165, 1.54) is 0 Å². The summed E-state index contributed by atoms with van der Waals surface area (Å²) in [6.45, 7) is 0. The van der Waals surface area contributed by atoms with Crippen LogP contribution in [0.1, 0.15) is 25.7 Å². The summed E-state index contributed by atoms with van der Waals surface area (Å²) in [6.07, 6.45) is 3.39.